The maximum Gasteiger partial charge on any atom is 0.193 e. The average molecular weight is 290 g/mol. The van der Waals surface area contributed by atoms with E-state index in [1.807, 2.05) is 24.3 Å². The summed E-state index contributed by atoms with van der Waals surface area (Å²) in [7, 11) is 0. The van der Waals surface area contributed by atoms with E-state index in [9.17, 15) is 15.0 Å². The molecule has 0 radical (unpaired) electrons. The highest BCUT2D eigenvalue weighted by Crippen LogP contribution is 2.23. The molecule has 0 fully saturated rings. The van der Waals surface area contributed by atoms with Crippen molar-refractivity contribution in [2.24, 2.45) is 0 Å². The van der Waals surface area contributed by atoms with E-state index in [0.29, 0.717) is 11.1 Å². The Morgan fingerprint density at radius 3 is 1.82 bits per heavy atom. The van der Waals surface area contributed by atoms with E-state index in [0.717, 1.165) is 11.1 Å². The van der Waals surface area contributed by atoms with Crippen LogP contribution in [0.3, 0.4) is 0 Å². The van der Waals surface area contributed by atoms with Crippen LogP contribution >= 0.6 is 0 Å². The maximum atomic E-state index is 12.3. The van der Waals surface area contributed by atoms with Gasteiger partial charge >= 0.3 is 0 Å². The minimum absolute atomic E-state index is 0.0755. The second-order valence-corrected chi connectivity index (χ2v) is 5.00. The molecule has 0 aromatic heterocycles. The Morgan fingerprint density at radius 2 is 1.23 bits per heavy atom. The van der Waals surface area contributed by atoms with Crippen LogP contribution in [0.4, 0.5) is 0 Å². The summed E-state index contributed by atoms with van der Waals surface area (Å²) in [5.74, 6) is 0.166. The first kappa shape index (κ1) is 13.9. The number of carbonyl (C=O) groups is 1. The molecule has 0 aliphatic carbocycles. The molecule has 0 aliphatic rings. The van der Waals surface area contributed by atoms with E-state index >= 15 is 0 Å². The van der Waals surface area contributed by atoms with Crippen LogP contribution < -0.4 is 0 Å². The molecule has 3 aromatic rings. The summed E-state index contributed by atoms with van der Waals surface area (Å²) in [6.07, 6.45) is 0. The van der Waals surface area contributed by atoms with E-state index < -0.39 is 0 Å². The van der Waals surface area contributed by atoms with Crippen molar-refractivity contribution in [2.45, 2.75) is 0 Å². The average Bonchev–Trinajstić information content (AvgIpc) is 2.55. The Balaban J connectivity index is 1.88. The Morgan fingerprint density at radius 1 is 0.636 bits per heavy atom. The van der Waals surface area contributed by atoms with Gasteiger partial charge in [-0.3, -0.25) is 4.79 Å². The third-order valence-electron chi connectivity index (χ3n) is 3.46. The summed E-state index contributed by atoms with van der Waals surface area (Å²) in [5, 5.41) is 18.8. The summed E-state index contributed by atoms with van der Waals surface area (Å²) < 4.78 is 0. The number of ketones is 1. The molecule has 0 atom stereocenters. The highest BCUT2D eigenvalue weighted by atomic mass is 16.3. The van der Waals surface area contributed by atoms with Crippen molar-refractivity contribution in [1.29, 1.82) is 0 Å². The normalized spacial score (nSPS) is 10.4. The largest absolute Gasteiger partial charge is 0.508 e. The van der Waals surface area contributed by atoms with Crippen LogP contribution in [0.1, 0.15) is 15.9 Å². The van der Waals surface area contributed by atoms with Crippen molar-refractivity contribution in [3.05, 3.63) is 83.9 Å². The van der Waals surface area contributed by atoms with E-state index in [1.54, 1.807) is 36.4 Å². The number of benzene rings is 3. The lowest BCUT2D eigenvalue weighted by Crippen LogP contribution is -2.00. The standard InChI is InChI=1S/C19H14O3/c20-17-10-8-14(9-11-17)13-4-6-15(7-5-13)19(22)16-2-1-3-18(21)12-16/h1-12,20-21H. The number of hydrogen-bond acceptors (Lipinski definition) is 3. The van der Waals surface area contributed by atoms with Gasteiger partial charge in [0, 0.05) is 11.1 Å². The first-order valence-corrected chi connectivity index (χ1v) is 6.87. The summed E-state index contributed by atoms with van der Waals surface area (Å²) >= 11 is 0. The number of phenolic OH excluding ortho intramolecular Hbond substituents is 2. The van der Waals surface area contributed by atoms with Gasteiger partial charge in [0.2, 0.25) is 0 Å². The second-order valence-electron chi connectivity index (χ2n) is 5.00. The summed E-state index contributed by atoms with van der Waals surface area (Å²) in [4.78, 5) is 12.3. The highest BCUT2D eigenvalue weighted by molar-refractivity contribution is 6.09. The lowest BCUT2D eigenvalue weighted by Gasteiger charge is -2.05. The number of carbonyl (C=O) groups excluding carboxylic acids is 1. The number of rotatable bonds is 3. The van der Waals surface area contributed by atoms with Crippen LogP contribution in [0.15, 0.2) is 72.8 Å². The molecule has 0 saturated carbocycles. The highest BCUT2D eigenvalue weighted by Gasteiger charge is 2.09. The molecular weight excluding hydrogens is 276 g/mol. The van der Waals surface area contributed by atoms with Crippen LogP contribution in [-0.4, -0.2) is 16.0 Å². The van der Waals surface area contributed by atoms with Crippen molar-refractivity contribution in [3.63, 3.8) is 0 Å². The van der Waals surface area contributed by atoms with Gasteiger partial charge in [0.1, 0.15) is 11.5 Å². The molecule has 108 valence electrons. The number of hydrogen-bond donors (Lipinski definition) is 2. The fourth-order valence-corrected chi connectivity index (χ4v) is 2.28. The van der Waals surface area contributed by atoms with Crippen LogP contribution in [0.5, 0.6) is 11.5 Å². The minimum Gasteiger partial charge on any atom is -0.508 e. The Bertz CT molecular complexity index is 803. The quantitative estimate of drug-likeness (QED) is 0.717. The molecule has 22 heavy (non-hydrogen) atoms. The van der Waals surface area contributed by atoms with Crippen molar-refractivity contribution >= 4 is 5.78 Å². The first-order chi connectivity index (χ1) is 10.6. The molecule has 3 heteroatoms. The van der Waals surface area contributed by atoms with E-state index in [1.165, 1.54) is 12.1 Å². The van der Waals surface area contributed by atoms with Gasteiger partial charge in [0.05, 0.1) is 0 Å². The van der Waals surface area contributed by atoms with Gasteiger partial charge in [0.15, 0.2) is 5.78 Å². The van der Waals surface area contributed by atoms with E-state index in [4.69, 9.17) is 0 Å². The minimum atomic E-state index is -0.131. The van der Waals surface area contributed by atoms with Crippen molar-refractivity contribution in [1.82, 2.24) is 0 Å². The lowest BCUT2D eigenvalue weighted by molar-refractivity contribution is 0.103. The summed E-state index contributed by atoms with van der Waals surface area (Å²) in [6.45, 7) is 0. The Hall–Kier alpha value is -3.07. The van der Waals surface area contributed by atoms with E-state index in [-0.39, 0.29) is 17.3 Å². The Kier molecular flexibility index (Phi) is 3.62. The smallest absolute Gasteiger partial charge is 0.193 e. The molecule has 0 saturated heterocycles. The molecular formula is C19H14O3. The third-order valence-corrected chi connectivity index (χ3v) is 3.46. The molecule has 0 unspecified atom stereocenters. The van der Waals surface area contributed by atoms with Crippen molar-refractivity contribution in [2.75, 3.05) is 0 Å². The summed E-state index contributed by atoms with van der Waals surface area (Å²) in [6, 6.07) is 20.4. The van der Waals surface area contributed by atoms with Gasteiger partial charge in [-0.2, -0.15) is 0 Å². The van der Waals surface area contributed by atoms with Crippen LogP contribution in [0.2, 0.25) is 0 Å². The Labute approximate surface area is 128 Å². The maximum absolute atomic E-state index is 12.3. The van der Waals surface area contributed by atoms with Crippen molar-refractivity contribution in [3.8, 4) is 22.6 Å². The van der Waals surface area contributed by atoms with Gasteiger partial charge in [-0.25, -0.2) is 0 Å². The van der Waals surface area contributed by atoms with Crippen LogP contribution in [0.25, 0.3) is 11.1 Å². The van der Waals surface area contributed by atoms with Crippen molar-refractivity contribution < 1.29 is 15.0 Å². The van der Waals surface area contributed by atoms with Gasteiger partial charge in [-0.1, -0.05) is 48.5 Å². The molecule has 0 heterocycles. The van der Waals surface area contributed by atoms with Gasteiger partial charge in [-0.05, 0) is 35.4 Å². The van der Waals surface area contributed by atoms with E-state index in [2.05, 4.69) is 0 Å². The topological polar surface area (TPSA) is 57.5 Å². The molecule has 0 bridgehead atoms. The number of aromatic hydroxyl groups is 2. The third kappa shape index (κ3) is 2.83. The fourth-order valence-electron chi connectivity index (χ4n) is 2.28. The van der Waals surface area contributed by atoms with Gasteiger partial charge in [-0.15, -0.1) is 0 Å². The zero-order chi connectivity index (χ0) is 15.5. The van der Waals surface area contributed by atoms with Crippen LogP contribution in [0, 0.1) is 0 Å². The number of phenols is 2. The molecule has 0 amide bonds. The monoisotopic (exact) mass is 290 g/mol. The fraction of sp³-hybridized carbons (Fsp3) is 0. The zero-order valence-corrected chi connectivity index (χ0v) is 11.7. The molecule has 3 aromatic carbocycles. The lowest BCUT2D eigenvalue weighted by atomic mass is 9.99. The second kappa shape index (κ2) is 5.74. The molecule has 0 aliphatic heterocycles. The first-order valence-electron chi connectivity index (χ1n) is 6.87. The zero-order valence-electron chi connectivity index (χ0n) is 11.7. The van der Waals surface area contributed by atoms with Gasteiger partial charge in [0.25, 0.3) is 0 Å². The van der Waals surface area contributed by atoms with Crippen LogP contribution in [-0.2, 0) is 0 Å². The molecule has 3 nitrogen and oxygen atoms in total. The van der Waals surface area contributed by atoms with Gasteiger partial charge < -0.3 is 10.2 Å². The summed E-state index contributed by atoms with van der Waals surface area (Å²) in [5.41, 5.74) is 2.95. The predicted molar refractivity (Wildman–Crippen MR) is 85.1 cm³/mol. The molecule has 3 rings (SSSR count). The SMILES string of the molecule is O=C(c1ccc(-c2ccc(O)cc2)cc1)c1cccc(O)c1. The predicted octanol–water partition coefficient (Wildman–Crippen LogP) is 4.00. The molecule has 0 spiro atoms. The molecule has 2 N–H and O–H groups in total.